The van der Waals surface area contributed by atoms with Crippen LogP contribution in [-0.4, -0.2) is 18.4 Å². The van der Waals surface area contributed by atoms with E-state index in [4.69, 9.17) is 0 Å². The largest absolute Gasteiger partial charge is 0.338 e. The first-order chi connectivity index (χ1) is 13.5. The molecule has 0 aliphatic heterocycles. The highest BCUT2D eigenvalue weighted by molar-refractivity contribution is 7.92. The number of benzene rings is 2. The molecule has 0 atom stereocenters. The van der Waals surface area contributed by atoms with Gasteiger partial charge in [0.05, 0.1) is 28.0 Å². The first-order valence-corrected chi connectivity index (χ1v) is 10.2. The van der Waals surface area contributed by atoms with Crippen LogP contribution in [0.4, 0.5) is 17.2 Å². The lowest BCUT2D eigenvalue weighted by Gasteiger charge is -2.10. The second kappa shape index (κ2) is 7.28. The summed E-state index contributed by atoms with van der Waals surface area (Å²) in [5.41, 5.74) is 3.07. The molecule has 0 amide bonds. The van der Waals surface area contributed by atoms with Crippen molar-refractivity contribution in [2.24, 2.45) is 0 Å². The summed E-state index contributed by atoms with van der Waals surface area (Å²) in [6.45, 7) is 1.91. The molecule has 0 saturated heterocycles. The summed E-state index contributed by atoms with van der Waals surface area (Å²) in [5.74, 6) is 0.594. The molecule has 2 aromatic carbocycles. The van der Waals surface area contributed by atoms with E-state index in [1.807, 2.05) is 37.3 Å². The minimum Gasteiger partial charge on any atom is -0.338 e. The smallest absolute Gasteiger partial charge is 0.261 e. The van der Waals surface area contributed by atoms with Crippen molar-refractivity contribution in [3.63, 3.8) is 0 Å². The van der Waals surface area contributed by atoms with E-state index in [-0.39, 0.29) is 4.90 Å². The maximum Gasteiger partial charge on any atom is 0.261 e. The van der Waals surface area contributed by atoms with Crippen molar-refractivity contribution in [2.45, 2.75) is 11.8 Å². The van der Waals surface area contributed by atoms with Gasteiger partial charge in [-0.3, -0.25) is 9.71 Å². The fourth-order valence-electron chi connectivity index (χ4n) is 2.80. The summed E-state index contributed by atoms with van der Waals surface area (Å²) in [6.07, 6.45) is 3.22. The third-order valence-electron chi connectivity index (χ3n) is 4.24. The van der Waals surface area contributed by atoms with Gasteiger partial charge < -0.3 is 5.32 Å². The van der Waals surface area contributed by atoms with Crippen molar-refractivity contribution >= 4 is 38.1 Å². The monoisotopic (exact) mass is 390 g/mol. The Balaban J connectivity index is 1.53. The van der Waals surface area contributed by atoms with Crippen molar-refractivity contribution in [1.29, 1.82) is 0 Å². The van der Waals surface area contributed by atoms with E-state index in [1.165, 1.54) is 6.20 Å². The minimum atomic E-state index is -3.65. The number of hydrogen-bond acceptors (Lipinski definition) is 5. The highest BCUT2D eigenvalue weighted by atomic mass is 32.2. The van der Waals surface area contributed by atoms with Crippen LogP contribution in [0.5, 0.6) is 0 Å². The zero-order valence-electron chi connectivity index (χ0n) is 15.1. The van der Waals surface area contributed by atoms with Crippen LogP contribution in [0.1, 0.15) is 5.56 Å². The summed E-state index contributed by atoms with van der Waals surface area (Å²) in [5, 5.41) is 4.25. The van der Waals surface area contributed by atoms with E-state index in [1.54, 1.807) is 42.6 Å². The van der Waals surface area contributed by atoms with Gasteiger partial charge in [0.25, 0.3) is 10.0 Å². The Kier molecular flexibility index (Phi) is 4.67. The van der Waals surface area contributed by atoms with E-state index in [9.17, 15) is 8.42 Å². The van der Waals surface area contributed by atoms with Gasteiger partial charge in [-0.05, 0) is 43.3 Å². The van der Waals surface area contributed by atoms with Crippen LogP contribution in [-0.2, 0) is 10.0 Å². The predicted molar refractivity (Wildman–Crippen MR) is 111 cm³/mol. The Morgan fingerprint density at radius 3 is 2.39 bits per heavy atom. The SMILES string of the molecule is Cc1ccc(S(=O)(=O)Nc2ccc(Nc3cccc4cccnc34)nc2)cc1. The molecule has 0 aliphatic rings. The fraction of sp³-hybridized carbons (Fsp3) is 0.0476. The second-order valence-corrected chi connectivity index (χ2v) is 8.04. The van der Waals surface area contributed by atoms with Gasteiger partial charge in [-0.15, -0.1) is 0 Å². The van der Waals surface area contributed by atoms with E-state index < -0.39 is 10.0 Å². The van der Waals surface area contributed by atoms with Gasteiger partial charge in [0.15, 0.2) is 0 Å². The number of nitrogens with one attached hydrogen (secondary N) is 2. The molecule has 0 unspecified atom stereocenters. The number of hydrogen-bond donors (Lipinski definition) is 2. The number of fused-ring (bicyclic) bond motifs is 1. The molecule has 0 spiro atoms. The molecular weight excluding hydrogens is 372 g/mol. The number of nitrogens with zero attached hydrogens (tertiary/aromatic N) is 2. The molecule has 28 heavy (non-hydrogen) atoms. The third-order valence-corrected chi connectivity index (χ3v) is 5.64. The molecule has 0 bridgehead atoms. The number of rotatable bonds is 5. The van der Waals surface area contributed by atoms with Crippen LogP contribution < -0.4 is 10.0 Å². The van der Waals surface area contributed by atoms with Gasteiger partial charge in [-0.2, -0.15) is 0 Å². The first-order valence-electron chi connectivity index (χ1n) is 8.68. The second-order valence-electron chi connectivity index (χ2n) is 6.36. The normalized spacial score (nSPS) is 11.3. The standard InChI is InChI=1S/C21H18N4O2S/c1-15-7-10-18(11-8-15)28(26,27)25-17-9-12-20(23-14-17)24-19-6-2-4-16-5-3-13-22-21(16)19/h2-14,25H,1H3,(H,23,24). The molecule has 0 fully saturated rings. The number of aryl methyl sites for hydroxylation is 1. The van der Waals surface area contributed by atoms with E-state index >= 15 is 0 Å². The Morgan fingerprint density at radius 2 is 1.64 bits per heavy atom. The van der Waals surface area contributed by atoms with Crippen molar-refractivity contribution in [1.82, 2.24) is 9.97 Å². The molecule has 2 aromatic heterocycles. The zero-order valence-corrected chi connectivity index (χ0v) is 15.9. The van der Waals surface area contributed by atoms with Crippen LogP contribution >= 0.6 is 0 Å². The predicted octanol–water partition coefficient (Wildman–Crippen LogP) is 4.48. The van der Waals surface area contributed by atoms with Crippen LogP contribution in [0, 0.1) is 6.92 Å². The number of para-hydroxylation sites is 1. The highest BCUT2D eigenvalue weighted by Crippen LogP contribution is 2.24. The van der Waals surface area contributed by atoms with Crippen LogP contribution in [0.2, 0.25) is 0 Å². The molecule has 7 heteroatoms. The van der Waals surface area contributed by atoms with Gasteiger partial charge in [0.1, 0.15) is 5.82 Å². The molecule has 0 aliphatic carbocycles. The van der Waals surface area contributed by atoms with E-state index in [0.717, 1.165) is 22.2 Å². The number of anilines is 3. The van der Waals surface area contributed by atoms with Crippen LogP contribution in [0.3, 0.4) is 0 Å². The van der Waals surface area contributed by atoms with Crippen molar-refractivity contribution in [3.8, 4) is 0 Å². The molecule has 0 radical (unpaired) electrons. The zero-order chi connectivity index (χ0) is 19.6. The molecule has 6 nitrogen and oxygen atoms in total. The topological polar surface area (TPSA) is 84.0 Å². The number of pyridine rings is 2. The van der Waals surface area contributed by atoms with Gasteiger partial charge in [0.2, 0.25) is 0 Å². The number of aromatic nitrogens is 2. The summed E-state index contributed by atoms with van der Waals surface area (Å²) >= 11 is 0. The summed E-state index contributed by atoms with van der Waals surface area (Å²) in [4.78, 5) is 8.92. The Bertz CT molecular complexity index is 1220. The molecule has 140 valence electrons. The quantitative estimate of drug-likeness (QED) is 0.525. The van der Waals surface area contributed by atoms with Crippen molar-refractivity contribution < 1.29 is 8.42 Å². The maximum absolute atomic E-state index is 12.5. The summed E-state index contributed by atoms with van der Waals surface area (Å²) in [7, 11) is -3.65. The van der Waals surface area contributed by atoms with Gasteiger partial charge in [-0.25, -0.2) is 13.4 Å². The molecule has 2 heterocycles. The summed E-state index contributed by atoms with van der Waals surface area (Å²) < 4.78 is 27.5. The van der Waals surface area contributed by atoms with Crippen molar-refractivity contribution in [2.75, 3.05) is 10.0 Å². The first kappa shape index (κ1) is 17.9. The van der Waals surface area contributed by atoms with E-state index in [0.29, 0.717) is 11.5 Å². The Hall–Kier alpha value is -3.45. The maximum atomic E-state index is 12.5. The van der Waals surface area contributed by atoms with Gasteiger partial charge in [0, 0.05) is 11.6 Å². The molecular formula is C21H18N4O2S. The lowest BCUT2D eigenvalue weighted by atomic mass is 10.2. The number of sulfonamides is 1. The molecule has 0 saturated carbocycles. The lowest BCUT2D eigenvalue weighted by Crippen LogP contribution is -2.13. The Morgan fingerprint density at radius 1 is 0.857 bits per heavy atom. The van der Waals surface area contributed by atoms with E-state index in [2.05, 4.69) is 20.0 Å². The average Bonchev–Trinajstić information content (AvgIpc) is 2.70. The van der Waals surface area contributed by atoms with Crippen molar-refractivity contribution in [3.05, 3.63) is 84.7 Å². The third kappa shape index (κ3) is 3.79. The summed E-state index contributed by atoms with van der Waals surface area (Å²) in [6, 6.07) is 19.8. The van der Waals surface area contributed by atoms with Crippen LogP contribution in [0.15, 0.2) is 84.0 Å². The Labute approximate surface area is 163 Å². The fourth-order valence-corrected chi connectivity index (χ4v) is 3.85. The molecule has 4 aromatic rings. The minimum absolute atomic E-state index is 0.210. The molecule has 4 rings (SSSR count). The average molecular weight is 390 g/mol. The lowest BCUT2D eigenvalue weighted by molar-refractivity contribution is 0.601. The van der Waals surface area contributed by atoms with Gasteiger partial charge >= 0.3 is 0 Å². The van der Waals surface area contributed by atoms with Gasteiger partial charge in [-0.1, -0.05) is 35.9 Å². The van der Waals surface area contributed by atoms with Crippen LogP contribution in [0.25, 0.3) is 10.9 Å². The molecule has 2 N–H and O–H groups in total. The highest BCUT2D eigenvalue weighted by Gasteiger charge is 2.14.